The summed E-state index contributed by atoms with van der Waals surface area (Å²) in [6, 6.07) is 2.42. The zero-order chi connectivity index (χ0) is 15.2. The third-order valence-electron chi connectivity index (χ3n) is 2.50. The lowest BCUT2D eigenvalue weighted by atomic mass is 10.4. The summed E-state index contributed by atoms with van der Waals surface area (Å²) in [5, 5.41) is 17.5. The number of urea groups is 1. The van der Waals surface area contributed by atoms with Crippen molar-refractivity contribution in [2.75, 3.05) is 6.54 Å². The van der Waals surface area contributed by atoms with Crippen LogP contribution in [0, 0.1) is 6.92 Å². The number of furan rings is 1. The molecule has 112 valence electrons. The molecule has 9 nitrogen and oxygen atoms in total. The van der Waals surface area contributed by atoms with Gasteiger partial charge in [0.25, 0.3) is 0 Å². The maximum Gasteiger partial charge on any atom is 0.371 e. The Labute approximate surface area is 119 Å². The minimum atomic E-state index is -1.15. The minimum absolute atomic E-state index is 0.0977. The van der Waals surface area contributed by atoms with E-state index in [9.17, 15) is 9.59 Å². The van der Waals surface area contributed by atoms with Crippen molar-refractivity contribution in [3.63, 3.8) is 0 Å². The first-order valence-electron chi connectivity index (χ1n) is 6.17. The second-order valence-corrected chi connectivity index (χ2v) is 4.16. The number of carbonyl (C=O) groups excluding carboxylic acids is 1. The average molecular weight is 294 g/mol. The number of carbonyl (C=O) groups is 2. The standard InChI is InChI=1S/C12H14N4O5/c1-7-15-10(16-21-7)4-5-13-12(19)14-6-8-2-3-9(20-8)11(17)18/h2-3H,4-6H2,1H3,(H,17,18)(H2,13,14,19). The summed E-state index contributed by atoms with van der Waals surface area (Å²) in [4.78, 5) is 26.1. The first-order chi connectivity index (χ1) is 10.0. The van der Waals surface area contributed by atoms with Crippen LogP contribution in [0.5, 0.6) is 0 Å². The van der Waals surface area contributed by atoms with E-state index in [2.05, 4.69) is 20.8 Å². The van der Waals surface area contributed by atoms with E-state index in [4.69, 9.17) is 14.0 Å². The molecule has 0 bridgehead atoms. The van der Waals surface area contributed by atoms with Crippen molar-refractivity contribution in [3.8, 4) is 0 Å². The molecule has 21 heavy (non-hydrogen) atoms. The summed E-state index contributed by atoms with van der Waals surface area (Å²) in [5.74, 6) is 0.0311. The van der Waals surface area contributed by atoms with Gasteiger partial charge >= 0.3 is 12.0 Å². The zero-order valence-electron chi connectivity index (χ0n) is 11.3. The Morgan fingerprint density at radius 1 is 1.33 bits per heavy atom. The summed E-state index contributed by atoms with van der Waals surface area (Å²) >= 11 is 0. The molecule has 3 N–H and O–H groups in total. The topological polar surface area (TPSA) is 130 Å². The number of aryl methyl sites for hydroxylation is 1. The monoisotopic (exact) mass is 294 g/mol. The van der Waals surface area contributed by atoms with Gasteiger partial charge in [0.05, 0.1) is 6.54 Å². The van der Waals surface area contributed by atoms with Crippen molar-refractivity contribution in [2.45, 2.75) is 19.9 Å². The Morgan fingerprint density at radius 3 is 2.76 bits per heavy atom. The number of aromatic nitrogens is 2. The van der Waals surface area contributed by atoms with Crippen LogP contribution in [0.2, 0.25) is 0 Å². The first-order valence-corrected chi connectivity index (χ1v) is 6.17. The molecule has 2 heterocycles. The SMILES string of the molecule is Cc1nc(CCNC(=O)NCc2ccc(C(=O)O)o2)no1. The van der Waals surface area contributed by atoms with E-state index < -0.39 is 12.0 Å². The highest BCUT2D eigenvalue weighted by molar-refractivity contribution is 5.84. The van der Waals surface area contributed by atoms with E-state index in [0.29, 0.717) is 30.4 Å². The molecule has 9 heteroatoms. The number of carboxylic acids is 1. The van der Waals surface area contributed by atoms with Gasteiger partial charge in [-0.15, -0.1) is 0 Å². The summed E-state index contributed by atoms with van der Waals surface area (Å²) in [5.41, 5.74) is 0. The Bertz CT molecular complexity index is 633. The highest BCUT2D eigenvalue weighted by atomic mass is 16.5. The fraction of sp³-hybridized carbons (Fsp3) is 0.333. The number of nitrogens with zero attached hydrogens (tertiary/aromatic N) is 2. The first kappa shape index (κ1) is 14.6. The molecule has 0 unspecified atom stereocenters. The second-order valence-electron chi connectivity index (χ2n) is 4.16. The smallest absolute Gasteiger partial charge is 0.371 e. The maximum atomic E-state index is 11.5. The maximum absolute atomic E-state index is 11.5. The molecular formula is C12H14N4O5. The Morgan fingerprint density at radius 2 is 2.14 bits per heavy atom. The van der Waals surface area contributed by atoms with Gasteiger partial charge in [0.2, 0.25) is 11.7 Å². The number of rotatable bonds is 6. The lowest BCUT2D eigenvalue weighted by Gasteiger charge is -2.04. The van der Waals surface area contributed by atoms with Gasteiger partial charge in [-0.1, -0.05) is 5.16 Å². The van der Waals surface area contributed by atoms with Gasteiger partial charge in [-0.2, -0.15) is 4.98 Å². The van der Waals surface area contributed by atoms with Gasteiger partial charge < -0.3 is 24.7 Å². The molecule has 0 aliphatic carbocycles. The van der Waals surface area contributed by atoms with Gasteiger partial charge in [-0.3, -0.25) is 0 Å². The second kappa shape index (κ2) is 6.55. The predicted molar refractivity (Wildman–Crippen MR) is 68.6 cm³/mol. The van der Waals surface area contributed by atoms with Crippen LogP contribution in [0.1, 0.15) is 28.0 Å². The van der Waals surface area contributed by atoms with Crippen molar-refractivity contribution >= 4 is 12.0 Å². The molecule has 0 aliphatic rings. The number of amides is 2. The number of nitrogens with one attached hydrogen (secondary N) is 2. The van der Waals surface area contributed by atoms with E-state index in [1.54, 1.807) is 6.92 Å². The summed E-state index contributed by atoms with van der Waals surface area (Å²) < 4.78 is 9.80. The van der Waals surface area contributed by atoms with Crippen molar-refractivity contribution in [1.82, 2.24) is 20.8 Å². The van der Waals surface area contributed by atoms with Gasteiger partial charge in [0, 0.05) is 19.9 Å². The molecule has 0 fully saturated rings. The summed E-state index contributed by atoms with van der Waals surface area (Å²) in [7, 11) is 0. The van der Waals surface area contributed by atoms with Crippen LogP contribution in [0.25, 0.3) is 0 Å². The molecule has 2 rings (SSSR count). The van der Waals surface area contributed by atoms with Crippen LogP contribution in [0.3, 0.4) is 0 Å². The molecule has 0 spiro atoms. The Hall–Kier alpha value is -2.84. The highest BCUT2D eigenvalue weighted by Gasteiger charge is 2.09. The number of hydrogen-bond acceptors (Lipinski definition) is 6. The Kier molecular flexibility index (Phi) is 4.54. The van der Waals surface area contributed by atoms with Crippen molar-refractivity contribution in [1.29, 1.82) is 0 Å². The van der Waals surface area contributed by atoms with Crippen LogP contribution in [0.15, 0.2) is 21.1 Å². The molecule has 0 aromatic carbocycles. The molecule has 0 radical (unpaired) electrons. The van der Waals surface area contributed by atoms with Crippen LogP contribution in [0.4, 0.5) is 4.79 Å². The number of carboxylic acid groups (broad SMARTS) is 1. The fourth-order valence-corrected chi connectivity index (χ4v) is 1.55. The van der Waals surface area contributed by atoms with E-state index in [0.717, 1.165) is 0 Å². The lowest BCUT2D eigenvalue weighted by molar-refractivity contribution is 0.0660. The molecule has 0 saturated heterocycles. The van der Waals surface area contributed by atoms with Gasteiger partial charge in [-0.05, 0) is 12.1 Å². The van der Waals surface area contributed by atoms with Gasteiger partial charge in [-0.25, -0.2) is 9.59 Å². The average Bonchev–Trinajstić information content (AvgIpc) is 3.05. The third kappa shape index (κ3) is 4.34. The van der Waals surface area contributed by atoms with Gasteiger partial charge in [0.15, 0.2) is 5.82 Å². The number of hydrogen-bond donors (Lipinski definition) is 3. The molecule has 0 atom stereocenters. The molecular weight excluding hydrogens is 280 g/mol. The normalized spacial score (nSPS) is 10.3. The Balaban J connectivity index is 1.68. The zero-order valence-corrected chi connectivity index (χ0v) is 11.3. The van der Waals surface area contributed by atoms with E-state index in [-0.39, 0.29) is 12.3 Å². The molecule has 0 saturated carbocycles. The number of aromatic carboxylic acids is 1. The van der Waals surface area contributed by atoms with E-state index >= 15 is 0 Å². The molecule has 2 aromatic heterocycles. The lowest BCUT2D eigenvalue weighted by Crippen LogP contribution is -2.36. The fourth-order valence-electron chi connectivity index (χ4n) is 1.55. The van der Waals surface area contributed by atoms with Crippen molar-refractivity contribution in [3.05, 3.63) is 35.4 Å². The largest absolute Gasteiger partial charge is 0.475 e. The molecule has 2 amide bonds. The highest BCUT2D eigenvalue weighted by Crippen LogP contribution is 2.07. The van der Waals surface area contributed by atoms with Crippen molar-refractivity contribution < 1.29 is 23.6 Å². The van der Waals surface area contributed by atoms with Crippen LogP contribution < -0.4 is 10.6 Å². The van der Waals surface area contributed by atoms with E-state index in [1.807, 2.05) is 0 Å². The van der Waals surface area contributed by atoms with Crippen LogP contribution in [-0.2, 0) is 13.0 Å². The third-order valence-corrected chi connectivity index (χ3v) is 2.50. The minimum Gasteiger partial charge on any atom is -0.475 e. The van der Waals surface area contributed by atoms with Crippen LogP contribution in [-0.4, -0.2) is 33.8 Å². The van der Waals surface area contributed by atoms with E-state index in [1.165, 1.54) is 12.1 Å². The molecule has 0 aliphatic heterocycles. The van der Waals surface area contributed by atoms with Gasteiger partial charge in [0.1, 0.15) is 5.76 Å². The predicted octanol–water partition coefficient (Wildman–Crippen LogP) is 0.711. The quantitative estimate of drug-likeness (QED) is 0.715. The molecule has 2 aromatic rings. The summed E-state index contributed by atoms with van der Waals surface area (Å²) in [6.07, 6.45) is 0.453. The summed E-state index contributed by atoms with van der Waals surface area (Å²) in [6.45, 7) is 2.13. The van der Waals surface area contributed by atoms with Crippen LogP contribution >= 0.6 is 0 Å². The van der Waals surface area contributed by atoms with Crippen molar-refractivity contribution in [2.24, 2.45) is 0 Å².